The number of benzene rings is 1. The van der Waals surface area contributed by atoms with Crippen molar-refractivity contribution in [1.29, 1.82) is 0 Å². The molecule has 1 aromatic carbocycles. The van der Waals surface area contributed by atoms with E-state index in [0.29, 0.717) is 5.92 Å². The lowest BCUT2D eigenvalue weighted by atomic mass is 9.86. The summed E-state index contributed by atoms with van der Waals surface area (Å²) in [6.45, 7) is 5.91. The maximum absolute atomic E-state index is 9.67. The molecular weight excluding hydrogens is 202 g/mol. The van der Waals surface area contributed by atoms with Gasteiger partial charge in [0.2, 0.25) is 0 Å². The molecule has 16 heavy (non-hydrogen) atoms. The maximum atomic E-state index is 9.67. The van der Waals surface area contributed by atoms with E-state index in [9.17, 15) is 10.2 Å². The Morgan fingerprint density at radius 1 is 1.25 bits per heavy atom. The van der Waals surface area contributed by atoms with E-state index in [1.165, 1.54) is 12.0 Å². The normalized spacial score (nSPS) is 21.0. The number of rotatable bonds is 1. The van der Waals surface area contributed by atoms with Crippen molar-refractivity contribution in [3.63, 3.8) is 0 Å². The van der Waals surface area contributed by atoms with E-state index < -0.39 is 0 Å². The minimum atomic E-state index is 0.00340. The molecule has 1 fully saturated rings. The average molecular weight is 221 g/mol. The summed E-state index contributed by atoms with van der Waals surface area (Å²) in [5.74, 6) is 0.479. The summed E-state index contributed by atoms with van der Waals surface area (Å²) in [5.41, 5.74) is 3.06. The van der Waals surface area contributed by atoms with Gasteiger partial charge in [-0.25, -0.2) is 0 Å². The summed E-state index contributed by atoms with van der Waals surface area (Å²) in [6, 6.07) is 1.72. The van der Waals surface area contributed by atoms with Gasteiger partial charge in [0.1, 0.15) is 0 Å². The summed E-state index contributed by atoms with van der Waals surface area (Å²) in [5, 5.41) is 22.7. The largest absolute Gasteiger partial charge is 0.504 e. The van der Waals surface area contributed by atoms with E-state index in [1.54, 1.807) is 6.07 Å². The second kappa shape index (κ2) is 4.34. The lowest BCUT2D eigenvalue weighted by Gasteiger charge is -2.25. The topological polar surface area (TPSA) is 52.5 Å². The number of nitrogens with one attached hydrogen (secondary N) is 1. The maximum Gasteiger partial charge on any atom is 0.160 e. The van der Waals surface area contributed by atoms with Crippen LogP contribution in [0.15, 0.2) is 6.07 Å². The molecule has 1 unspecified atom stereocenters. The molecule has 0 radical (unpaired) electrons. The van der Waals surface area contributed by atoms with Crippen molar-refractivity contribution in [3.05, 3.63) is 22.8 Å². The highest BCUT2D eigenvalue weighted by Crippen LogP contribution is 2.37. The van der Waals surface area contributed by atoms with Gasteiger partial charge in [0, 0.05) is 6.54 Å². The molecule has 0 aliphatic carbocycles. The van der Waals surface area contributed by atoms with Crippen molar-refractivity contribution < 1.29 is 10.2 Å². The third-order valence-electron chi connectivity index (χ3n) is 3.62. The smallest absolute Gasteiger partial charge is 0.160 e. The molecule has 1 saturated heterocycles. The number of aromatic hydroxyl groups is 2. The van der Waals surface area contributed by atoms with Crippen LogP contribution in [0.1, 0.15) is 35.4 Å². The highest BCUT2D eigenvalue weighted by atomic mass is 16.3. The zero-order valence-corrected chi connectivity index (χ0v) is 9.88. The fraction of sp³-hybridized carbons (Fsp3) is 0.538. The summed E-state index contributed by atoms with van der Waals surface area (Å²) < 4.78 is 0. The van der Waals surface area contributed by atoms with Gasteiger partial charge in [-0.2, -0.15) is 0 Å². The molecule has 1 aliphatic rings. The fourth-order valence-corrected chi connectivity index (χ4v) is 2.45. The third kappa shape index (κ3) is 1.87. The van der Waals surface area contributed by atoms with Crippen LogP contribution in [-0.2, 0) is 0 Å². The fourth-order valence-electron chi connectivity index (χ4n) is 2.45. The molecule has 0 aromatic heterocycles. The lowest BCUT2D eigenvalue weighted by Crippen LogP contribution is -2.28. The van der Waals surface area contributed by atoms with E-state index >= 15 is 0 Å². The van der Waals surface area contributed by atoms with Gasteiger partial charge in [0.15, 0.2) is 11.5 Å². The molecule has 1 atom stereocenters. The van der Waals surface area contributed by atoms with Crippen LogP contribution in [0, 0.1) is 13.8 Å². The van der Waals surface area contributed by atoms with Crippen molar-refractivity contribution in [2.75, 3.05) is 13.1 Å². The summed E-state index contributed by atoms with van der Waals surface area (Å²) in [6.07, 6.45) is 2.32. The van der Waals surface area contributed by atoms with Crippen molar-refractivity contribution in [2.24, 2.45) is 0 Å². The van der Waals surface area contributed by atoms with Gasteiger partial charge in [-0.3, -0.25) is 0 Å². The minimum Gasteiger partial charge on any atom is -0.504 e. The van der Waals surface area contributed by atoms with Gasteiger partial charge in [0.25, 0.3) is 0 Å². The van der Waals surface area contributed by atoms with Gasteiger partial charge in [0.05, 0.1) is 0 Å². The summed E-state index contributed by atoms with van der Waals surface area (Å²) in [7, 11) is 0. The molecule has 3 heteroatoms. The van der Waals surface area contributed by atoms with Gasteiger partial charge in [-0.15, -0.1) is 0 Å². The minimum absolute atomic E-state index is 0.00340. The van der Waals surface area contributed by atoms with Crippen LogP contribution >= 0.6 is 0 Å². The zero-order chi connectivity index (χ0) is 11.7. The predicted octanol–water partition coefficient (Wildman–Crippen LogP) is 2.18. The Balaban J connectivity index is 2.40. The molecule has 0 bridgehead atoms. The molecule has 1 aliphatic heterocycles. The highest BCUT2D eigenvalue weighted by molar-refractivity contribution is 5.52. The third-order valence-corrected chi connectivity index (χ3v) is 3.62. The number of piperidine rings is 1. The van der Waals surface area contributed by atoms with E-state index in [1.807, 2.05) is 13.8 Å². The predicted molar refractivity (Wildman–Crippen MR) is 64.1 cm³/mol. The second-order valence-corrected chi connectivity index (χ2v) is 4.63. The molecule has 1 heterocycles. The van der Waals surface area contributed by atoms with Crippen LogP contribution in [0.3, 0.4) is 0 Å². The van der Waals surface area contributed by atoms with Crippen LogP contribution in [0.2, 0.25) is 0 Å². The molecule has 2 rings (SSSR count). The van der Waals surface area contributed by atoms with E-state index in [-0.39, 0.29) is 11.5 Å². The first-order valence-electron chi connectivity index (χ1n) is 5.84. The Morgan fingerprint density at radius 3 is 2.62 bits per heavy atom. The van der Waals surface area contributed by atoms with Crippen LogP contribution in [0.5, 0.6) is 11.5 Å². The Hall–Kier alpha value is -1.22. The second-order valence-electron chi connectivity index (χ2n) is 4.63. The van der Waals surface area contributed by atoms with Gasteiger partial charge < -0.3 is 15.5 Å². The molecule has 3 nitrogen and oxygen atoms in total. The van der Waals surface area contributed by atoms with E-state index in [2.05, 4.69) is 5.32 Å². The first kappa shape index (κ1) is 11.3. The zero-order valence-electron chi connectivity index (χ0n) is 9.88. The molecule has 1 aromatic rings. The molecule has 3 N–H and O–H groups in total. The summed E-state index contributed by atoms with van der Waals surface area (Å²) >= 11 is 0. The van der Waals surface area contributed by atoms with Crippen LogP contribution in [0.25, 0.3) is 0 Å². The first-order chi connectivity index (χ1) is 7.61. The monoisotopic (exact) mass is 221 g/mol. The van der Waals surface area contributed by atoms with Gasteiger partial charge in [-0.1, -0.05) is 0 Å². The van der Waals surface area contributed by atoms with E-state index in [0.717, 1.165) is 30.6 Å². The standard InChI is InChI=1S/C13H19NO2/c1-8-9(2)13(16)12(15)6-11(8)10-4-3-5-14-7-10/h6,10,14-16H,3-5,7H2,1-2H3. The van der Waals surface area contributed by atoms with Crippen LogP contribution in [0.4, 0.5) is 0 Å². The van der Waals surface area contributed by atoms with Crippen LogP contribution < -0.4 is 5.32 Å². The summed E-state index contributed by atoms with van der Waals surface area (Å²) in [4.78, 5) is 0. The van der Waals surface area contributed by atoms with E-state index in [4.69, 9.17) is 0 Å². The van der Waals surface area contributed by atoms with Crippen molar-refractivity contribution >= 4 is 0 Å². The number of phenols is 2. The Kier molecular flexibility index (Phi) is 3.06. The van der Waals surface area contributed by atoms with Crippen LogP contribution in [-0.4, -0.2) is 23.3 Å². The molecule has 0 spiro atoms. The van der Waals surface area contributed by atoms with Crippen molar-refractivity contribution in [1.82, 2.24) is 5.32 Å². The van der Waals surface area contributed by atoms with Crippen molar-refractivity contribution in [2.45, 2.75) is 32.6 Å². The quantitative estimate of drug-likeness (QED) is 0.637. The Morgan fingerprint density at radius 2 is 2.00 bits per heavy atom. The SMILES string of the molecule is Cc1c(C2CCCNC2)cc(O)c(O)c1C. The molecular formula is C13H19NO2. The number of phenolic OH excluding ortho intramolecular Hbond substituents is 2. The first-order valence-corrected chi connectivity index (χ1v) is 5.84. The van der Waals surface area contributed by atoms with Gasteiger partial charge in [-0.05, 0) is 61.9 Å². The molecule has 0 amide bonds. The number of hydrogen-bond donors (Lipinski definition) is 3. The lowest BCUT2D eigenvalue weighted by molar-refractivity contribution is 0.397. The Bertz CT molecular complexity index is 395. The molecule has 0 saturated carbocycles. The van der Waals surface area contributed by atoms with Gasteiger partial charge >= 0.3 is 0 Å². The Labute approximate surface area is 96.1 Å². The average Bonchev–Trinajstić information content (AvgIpc) is 2.32. The van der Waals surface area contributed by atoms with Crippen molar-refractivity contribution in [3.8, 4) is 11.5 Å². The molecule has 88 valence electrons. The number of hydrogen-bond acceptors (Lipinski definition) is 3. The highest BCUT2D eigenvalue weighted by Gasteiger charge is 2.20.